The smallest absolute Gasteiger partial charge is 0.259 e. The van der Waals surface area contributed by atoms with Crippen LogP contribution < -0.4 is 9.73 Å². The summed E-state index contributed by atoms with van der Waals surface area (Å²) < 4.78 is 22.4. The Morgan fingerprint density at radius 3 is 2.31 bits per heavy atom. The SMILES string of the molecule is O=S(O)Nc1ccc(N2N=C(c3ccccc3)CC2c2ccc(CO)cc2)cc1. The van der Waals surface area contributed by atoms with Crippen molar-refractivity contribution in [3.63, 3.8) is 0 Å². The number of hydrazone groups is 1. The number of benzene rings is 3. The van der Waals surface area contributed by atoms with Gasteiger partial charge in [0.15, 0.2) is 0 Å². The van der Waals surface area contributed by atoms with Crippen molar-refractivity contribution < 1.29 is 13.9 Å². The predicted molar refractivity (Wildman–Crippen MR) is 116 cm³/mol. The predicted octanol–water partition coefficient (Wildman–Crippen LogP) is 4.08. The van der Waals surface area contributed by atoms with Gasteiger partial charge < -0.3 is 5.11 Å². The van der Waals surface area contributed by atoms with Crippen molar-refractivity contribution in [2.75, 3.05) is 9.73 Å². The lowest BCUT2D eigenvalue weighted by atomic mass is 9.97. The van der Waals surface area contributed by atoms with Crippen molar-refractivity contribution in [2.24, 2.45) is 5.10 Å². The molecule has 2 atom stereocenters. The van der Waals surface area contributed by atoms with Crippen LogP contribution >= 0.6 is 0 Å². The van der Waals surface area contributed by atoms with Gasteiger partial charge in [0.1, 0.15) is 0 Å². The van der Waals surface area contributed by atoms with Crippen molar-refractivity contribution in [1.29, 1.82) is 0 Å². The van der Waals surface area contributed by atoms with Gasteiger partial charge in [0.2, 0.25) is 0 Å². The Kier molecular flexibility index (Phi) is 5.71. The van der Waals surface area contributed by atoms with E-state index in [1.54, 1.807) is 12.1 Å². The lowest BCUT2D eigenvalue weighted by Gasteiger charge is -2.24. The lowest BCUT2D eigenvalue weighted by Crippen LogP contribution is -2.18. The zero-order valence-electron chi connectivity index (χ0n) is 15.6. The largest absolute Gasteiger partial charge is 0.392 e. The zero-order valence-corrected chi connectivity index (χ0v) is 16.4. The first kappa shape index (κ1) is 19.3. The van der Waals surface area contributed by atoms with E-state index in [-0.39, 0.29) is 12.6 Å². The van der Waals surface area contributed by atoms with Crippen molar-refractivity contribution in [3.8, 4) is 0 Å². The van der Waals surface area contributed by atoms with Gasteiger partial charge >= 0.3 is 0 Å². The lowest BCUT2D eigenvalue weighted by molar-refractivity contribution is 0.282. The number of aliphatic hydroxyl groups is 1. The minimum Gasteiger partial charge on any atom is -0.392 e. The van der Waals surface area contributed by atoms with E-state index in [4.69, 9.17) is 9.65 Å². The Hall–Kier alpha value is -3.00. The van der Waals surface area contributed by atoms with Crippen LogP contribution in [0.5, 0.6) is 0 Å². The molecule has 29 heavy (non-hydrogen) atoms. The average Bonchev–Trinajstić information content (AvgIpc) is 3.20. The fourth-order valence-corrected chi connectivity index (χ4v) is 3.78. The molecule has 4 rings (SSSR count). The Labute approximate surface area is 171 Å². The number of nitrogens with zero attached hydrogens (tertiary/aromatic N) is 2. The van der Waals surface area contributed by atoms with Crippen LogP contribution in [0.25, 0.3) is 0 Å². The highest BCUT2D eigenvalue weighted by Gasteiger charge is 2.29. The van der Waals surface area contributed by atoms with Gasteiger partial charge in [-0.1, -0.05) is 54.6 Å². The molecule has 0 saturated carbocycles. The molecule has 0 saturated heterocycles. The second-order valence-corrected chi connectivity index (χ2v) is 7.48. The van der Waals surface area contributed by atoms with Crippen LogP contribution in [0.1, 0.15) is 29.2 Å². The summed E-state index contributed by atoms with van der Waals surface area (Å²) in [4.78, 5) is 0. The molecule has 148 valence electrons. The van der Waals surface area contributed by atoms with Crippen LogP contribution in [-0.4, -0.2) is 19.6 Å². The number of hydrogen-bond acceptors (Lipinski definition) is 4. The summed E-state index contributed by atoms with van der Waals surface area (Å²) >= 11 is -2.11. The highest BCUT2D eigenvalue weighted by molar-refractivity contribution is 7.80. The van der Waals surface area contributed by atoms with E-state index in [1.165, 1.54) is 0 Å². The molecule has 2 unspecified atom stereocenters. The maximum absolute atomic E-state index is 10.9. The summed E-state index contributed by atoms with van der Waals surface area (Å²) in [5, 5.41) is 16.2. The van der Waals surface area contributed by atoms with Crippen LogP contribution in [-0.2, 0) is 17.9 Å². The van der Waals surface area contributed by atoms with E-state index >= 15 is 0 Å². The normalized spacial score (nSPS) is 17.1. The number of aliphatic hydroxyl groups excluding tert-OH is 1. The zero-order chi connectivity index (χ0) is 20.2. The summed E-state index contributed by atoms with van der Waals surface area (Å²) in [7, 11) is 0. The third-order valence-corrected chi connectivity index (χ3v) is 5.31. The molecule has 0 fully saturated rings. The van der Waals surface area contributed by atoms with Crippen LogP contribution in [0.4, 0.5) is 11.4 Å². The van der Waals surface area contributed by atoms with E-state index in [0.717, 1.165) is 34.5 Å². The van der Waals surface area contributed by atoms with Gasteiger partial charge in [-0.05, 0) is 41.0 Å². The molecule has 0 aliphatic carbocycles. The molecule has 0 radical (unpaired) electrons. The molecular formula is C22H21N3O3S. The molecular weight excluding hydrogens is 386 g/mol. The highest BCUT2D eigenvalue weighted by Crippen LogP contribution is 2.37. The van der Waals surface area contributed by atoms with Gasteiger partial charge in [0.05, 0.1) is 24.0 Å². The standard InChI is InChI=1S/C22H21N3O3S/c26-15-16-6-8-18(9-7-16)22-14-21(17-4-2-1-3-5-17)23-25(22)20-12-10-19(11-13-20)24-29(27)28/h1-13,22,24,26H,14-15H2,(H,27,28). The van der Waals surface area contributed by atoms with Crippen molar-refractivity contribution in [3.05, 3.63) is 95.6 Å². The number of nitrogens with one attached hydrogen (secondary N) is 1. The van der Waals surface area contributed by atoms with Gasteiger partial charge in [-0.2, -0.15) is 5.10 Å². The summed E-state index contributed by atoms with van der Waals surface area (Å²) in [5.41, 5.74) is 5.51. The first-order valence-electron chi connectivity index (χ1n) is 9.23. The summed E-state index contributed by atoms with van der Waals surface area (Å²) in [6, 6.07) is 25.3. The average molecular weight is 407 g/mol. The maximum Gasteiger partial charge on any atom is 0.259 e. The fourth-order valence-electron chi connectivity index (χ4n) is 3.44. The molecule has 0 aromatic heterocycles. The topological polar surface area (TPSA) is 85.2 Å². The molecule has 0 bridgehead atoms. The molecule has 1 heterocycles. The van der Waals surface area contributed by atoms with E-state index in [1.807, 2.05) is 59.6 Å². The molecule has 0 spiro atoms. The monoisotopic (exact) mass is 407 g/mol. The first-order valence-corrected chi connectivity index (χ1v) is 10.3. The minimum absolute atomic E-state index is 0.0150. The number of rotatable bonds is 6. The molecule has 3 N–H and O–H groups in total. The summed E-state index contributed by atoms with van der Waals surface area (Å²) in [6.45, 7) is 0.0150. The Bertz CT molecular complexity index is 1020. The number of hydrogen-bond donors (Lipinski definition) is 3. The van der Waals surface area contributed by atoms with E-state index in [2.05, 4.69) is 16.9 Å². The molecule has 3 aromatic rings. The van der Waals surface area contributed by atoms with Crippen LogP contribution in [0.2, 0.25) is 0 Å². The minimum atomic E-state index is -2.11. The van der Waals surface area contributed by atoms with Gasteiger partial charge in [0, 0.05) is 12.1 Å². The van der Waals surface area contributed by atoms with Crippen LogP contribution in [0, 0.1) is 0 Å². The van der Waals surface area contributed by atoms with Gasteiger partial charge in [-0.25, -0.2) is 4.21 Å². The molecule has 0 amide bonds. The third-order valence-electron chi connectivity index (χ3n) is 4.90. The van der Waals surface area contributed by atoms with Gasteiger partial charge in [0.25, 0.3) is 11.3 Å². The van der Waals surface area contributed by atoms with Crippen LogP contribution in [0.15, 0.2) is 84.0 Å². The summed E-state index contributed by atoms with van der Waals surface area (Å²) in [5.74, 6) is 0. The molecule has 1 aliphatic rings. The molecule has 3 aromatic carbocycles. The third kappa shape index (κ3) is 4.37. The Morgan fingerprint density at radius 2 is 1.69 bits per heavy atom. The van der Waals surface area contributed by atoms with Crippen molar-refractivity contribution in [1.82, 2.24) is 0 Å². The molecule has 6 nitrogen and oxygen atoms in total. The van der Waals surface area contributed by atoms with Crippen molar-refractivity contribution in [2.45, 2.75) is 19.1 Å². The van der Waals surface area contributed by atoms with Crippen LogP contribution in [0.3, 0.4) is 0 Å². The number of anilines is 2. The molecule has 7 heteroatoms. The first-order chi connectivity index (χ1) is 14.1. The highest BCUT2D eigenvalue weighted by atomic mass is 32.2. The Balaban J connectivity index is 1.68. The van der Waals surface area contributed by atoms with E-state index < -0.39 is 11.3 Å². The Morgan fingerprint density at radius 1 is 1.00 bits per heavy atom. The maximum atomic E-state index is 10.9. The van der Waals surface area contributed by atoms with Gasteiger partial charge in [-0.15, -0.1) is 0 Å². The molecule has 1 aliphatic heterocycles. The van der Waals surface area contributed by atoms with E-state index in [0.29, 0.717) is 5.69 Å². The quantitative estimate of drug-likeness (QED) is 0.538. The second-order valence-electron chi connectivity index (χ2n) is 6.77. The van der Waals surface area contributed by atoms with Gasteiger partial charge in [-0.3, -0.25) is 14.3 Å². The summed E-state index contributed by atoms with van der Waals surface area (Å²) in [6.07, 6.45) is 0.753. The second kappa shape index (κ2) is 8.57. The van der Waals surface area contributed by atoms with E-state index in [9.17, 15) is 9.32 Å². The van der Waals surface area contributed by atoms with Crippen molar-refractivity contribution >= 4 is 28.4 Å². The fraction of sp³-hybridized carbons (Fsp3) is 0.136.